The van der Waals surface area contributed by atoms with Gasteiger partial charge in [-0.25, -0.2) is 0 Å². The predicted octanol–water partition coefficient (Wildman–Crippen LogP) is 0.987. The zero-order valence-corrected chi connectivity index (χ0v) is 10.1. The Morgan fingerprint density at radius 1 is 1.50 bits per heavy atom. The molecule has 0 saturated carbocycles. The van der Waals surface area contributed by atoms with Crippen molar-refractivity contribution in [1.82, 2.24) is 20.2 Å². The molecule has 2 rings (SSSR count). The van der Waals surface area contributed by atoms with Gasteiger partial charge in [-0.15, -0.1) is 10.2 Å². The van der Waals surface area contributed by atoms with E-state index >= 15 is 0 Å². The van der Waals surface area contributed by atoms with Gasteiger partial charge in [0.2, 0.25) is 5.82 Å². The molecule has 7 heteroatoms. The zero-order valence-electron chi connectivity index (χ0n) is 10.1. The fraction of sp³-hybridized carbons (Fsp3) is 0.273. The van der Waals surface area contributed by atoms with Crippen LogP contribution < -0.4 is 4.74 Å². The summed E-state index contributed by atoms with van der Waals surface area (Å²) in [5, 5.41) is 23.4. The molecule has 18 heavy (non-hydrogen) atoms. The second-order valence-electron chi connectivity index (χ2n) is 3.70. The Kier molecular flexibility index (Phi) is 3.52. The molecule has 0 aliphatic carbocycles. The summed E-state index contributed by atoms with van der Waals surface area (Å²) in [5.41, 5.74) is 1.32. The minimum absolute atomic E-state index is 0.243. The van der Waals surface area contributed by atoms with Gasteiger partial charge < -0.3 is 9.94 Å². The third-order valence-corrected chi connectivity index (χ3v) is 2.32. The number of tetrazole rings is 1. The van der Waals surface area contributed by atoms with Gasteiger partial charge in [-0.05, 0) is 24.3 Å². The number of nitrogens with zero attached hydrogens (tertiary/aromatic N) is 5. The molecular formula is C11H13N5O2. The number of aryl methyl sites for hydroxylation is 1. The van der Waals surface area contributed by atoms with E-state index in [9.17, 15) is 0 Å². The van der Waals surface area contributed by atoms with Crippen LogP contribution in [0.5, 0.6) is 5.75 Å². The molecule has 94 valence electrons. The lowest BCUT2D eigenvalue weighted by Gasteiger charge is -2.05. The van der Waals surface area contributed by atoms with Crippen molar-refractivity contribution < 1.29 is 9.94 Å². The fourth-order valence-electron chi connectivity index (χ4n) is 1.40. The summed E-state index contributed by atoms with van der Waals surface area (Å²) in [7, 11) is 1.69. The highest BCUT2D eigenvalue weighted by molar-refractivity contribution is 5.98. The van der Waals surface area contributed by atoms with Crippen LogP contribution in [0.2, 0.25) is 0 Å². The average molecular weight is 247 g/mol. The average Bonchev–Trinajstić information content (AvgIpc) is 2.81. The quantitative estimate of drug-likeness (QED) is 0.494. The molecule has 0 saturated heterocycles. The molecule has 1 aromatic heterocycles. The maximum absolute atomic E-state index is 8.71. The first-order valence-corrected chi connectivity index (χ1v) is 5.34. The summed E-state index contributed by atoms with van der Waals surface area (Å²) >= 11 is 0. The minimum atomic E-state index is 0.243. The van der Waals surface area contributed by atoms with E-state index in [1.54, 1.807) is 20.0 Å². The highest BCUT2D eigenvalue weighted by Gasteiger charge is 2.03. The van der Waals surface area contributed by atoms with Crippen LogP contribution in [0.15, 0.2) is 29.4 Å². The zero-order chi connectivity index (χ0) is 13.0. The maximum atomic E-state index is 8.71. The van der Waals surface area contributed by atoms with Crippen LogP contribution in [0.4, 0.5) is 0 Å². The number of oxime groups is 1. The number of benzene rings is 1. The Balaban J connectivity index is 2.05. The molecule has 7 nitrogen and oxygen atoms in total. The third kappa shape index (κ3) is 2.82. The van der Waals surface area contributed by atoms with E-state index < -0.39 is 0 Å². The summed E-state index contributed by atoms with van der Waals surface area (Å²) in [4.78, 5) is 1.37. The predicted molar refractivity (Wildman–Crippen MR) is 63.6 cm³/mol. The summed E-state index contributed by atoms with van der Waals surface area (Å²) in [6, 6.07) is 7.25. The number of hydrogen-bond acceptors (Lipinski definition) is 6. The Hall–Kier alpha value is -2.44. The van der Waals surface area contributed by atoms with E-state index in [-0.39, 0.29) is 6.61 Å². The lowest BCUT2D eigenvalue weighted by atomic mass is 10.1. The summed E-state index contributed by atoms with van der Waals surface area (Å²) < 4.78 is 5.53. The van der Waals surface area contributed by atoms with Crippen LogP contribution in [0.3, 0.4) is 0 Å². The summed E-state index contributed by atoms with van der Waals surface area (Å²) in [5.74, 6) is 1.17. The van der Waals surface area contributed by atoms with E-state index in [4.69, 9.17) is 9.94 Å². The molecule has 0 aliphatic heterocycles. The van der Waals surface area contributed by atoms with E-state index in [0.29, 0.717) is 17.3 Å². The van der Waals surface area contributed by atoms with Crippen molar-refractivity contribution in [2.45, 2.75) is 13.5 Å². The third-order valence-electron chi connectivity index (χ3n) is 2.32. The first kappa shape index (κ1) is 12.0. The van der Waals surface area contributed by atoms with Crippen molar-refractivity contribution >= 4 is 5.71 Å². The first-order chi connectivity index (χ1) is 8.69. The molecule has 1 aromatic carbocycles. The van der Waals surface area contributed by atoms with Gasteiger partial charge in [-0.3, -0.25) is 0 Å². The van der Waals surface area contributed by atoms with E-state index in [0.717, 1.165) is 5.56 Å². The molecule has 2 aromatic rings. The fourth-order valence-corrected chi connectivity index (χ4v) is 1.40. The number of aromatic nitrogens is 4. The summed E-state index contributed by atoms with van der Waals surface area (Å²) in [6.07, 6.45) is 0. The van der Waals surface area contributed by atoms with Crippen LogP contribution in [0.25, 0.3) is 0 Å². The van der Waals surface area contributed by atoms with Crippen LogP contribution in [0.1, 0.15) is 18.3 Å². The lowest BCUT2D eigenvalue weighted by Crippen LogP contribution is -2.00. The highest BCUT2D eigenvalue weighted by Crippen LogP contribution is 2.15. The smallest absolute Gasteiger partial charge is 0.212 e. The number of rotatable bonds is 4. The molecule has 0 amide bonds. The molecule has 1 N–H and O–H groups in total. The number of hydrogen-bond donors (Lipinski definition) is 1. The van der Waals surface area contributed by atoms with Crippen LogP contribution in [-0.4, -0.2) is 31.1 Å². The van der Waals surface area contributed by atoms with Gasteiger partial charge in [-0.1, -0.05) is 17.3 Å². The molecular weight excluding hydrogens is 234 g/mol. The normalized spacial score (nSPS) is 11.6. The molecule has 0 atom stereocenters. The van der Waals surface area contributed by atoms with E-state index in [1.807, 2.05) is 18.2 Å². The second-order valence-corrected chi connectivity index (χ2v) is 3.70. The Morgan fingerprint density at radius 2 is 2.33 bits per heavy atom. The Morgan fingerprint density at radius 3 is 3.00 bits per heavy atom. The Bertz CT molecular complexity index is 564. The van der Waals surface area contributed by atoms with Crippen LogP contribution >= 0.6 is 0 Å². The van der Waals surface area contributed by atoms with Gasteiger partial charge in [-0.2, -0.15) is 4.80 Å². The molecule has 0 radical (unpaired) electrons. The topological polar surface area (TPSA) is 85.4 Å². The van der Waals surface area contributed by atoms with Crippen LogP contribution in [-0.2, 0) is 13.7 Å². The monoisotopic (exact) mass is 247 g/mol. The van der Waals surface area contributed by atoms with Crippen molar-refractivity contribution in [3.05, 3.63) is 35.7 Å². The highest BCUT2D eigenvalue weighted by atomic mass is 16.5. The van der Waals surface area contributed by atoms with Crippen molar-refractivity contribution in [1.29, 1.82) is 0 Å². The van der Waals surface area contributed by atoms with Crippen molar-refractivity contribution in [2.24, 2.45) is 12.2 Å². The van der Waals surface area contributed by atoms with Gasteiger partial charge in [0.1, 0.15) is 5.75 Å². The molecule has 1 heterocycles. The molecule has 0 fully saturated rings. The standard InChI is InChI=1S/C11H13N5O2/c1-8(14-17)9-4-3-5-10(6-9)18-7-11-12-15-16(2)13-11/h3-6,17H,7H2,1-2H3/b14-8-. The van der Waals surface area contributed by atoms with Gasteiger partial charge in [0.25, 0.3) is 0 Å². The minimum Gasteiger partial charge on any atom is -0.485 e. The van der Waals surface area contributed by atoms with Gasteiger partial charge in [0.15, 0.2) is 6.61 Å². The van der Waals surface area contributed by atoms with Gasteiger partial charge in [0.05, 0.1) is 12.8 Å². The summed E-state index contributed by atoms with van der Waals surface area (Å²) in [6.45, 7) is 1.95. The maximum Gasteiger partial charge on any atom is 0.212 e. The van der Waals surface area contributed by atoms with Crippen molar-refractivity contribution in [2.75, 3.05) is 0 Å². The lowest BCUT2D eigenvalue weighted by molar-refractivity contribution is 0.295. The Labute approximate surface area is 104 Å². The van der Waals surface area contributed by atoms with Crippen molar-refractivity contribution in [3.63, 3.8) is 0 Å². The largest absolute Gasteiger partial charge is 0.485 e. The van der Waals surface area contributed by atoms with Gasteiger partial charge >= 0.3 is 0 Å². The van der Waals surface area contributed by atoms with Gasteiger partial charge in [0, 0.05) is 5.56 Å². The second kappa shape index (κ2) is 5.26. The van der Waals surface area contributed by atoms with E-state index in [2.05, 4.69) is 20.6 Å². The molecule has 0 unspecified atom stereocenters. The SMILES string of the molecule is C/C(=N/O)c1cccc(OCc2nnn(C)n2)c1. The molecule has 0 spiro atoms. The molecule has 0 aliphatic rings. The first-order valence-electron chi connectivity index (χ1n) is 5.34. The van der Waals surface area contributed by atoms with Crippen LogP contribution in [0, 0.1) is 0 Å². The van der Waals surface area contributed by atoms with Crippen molar-refractivity contribution in [3.8, 4) is 5.75 Å². The molecule has 0 bridgehead atoms. The van der Waals surface area contributed by atoms with E-state index in [1.165, 1.54) is 4.80 Å². The number of ether oxygens (including phenoxy) is 1.